The summed E-state index contributed by atoms with van der Waals surface area (Å²) in [5.74, 6) is 1.24. The average Bonchev–Trinajstić information content (AvgIpc) is 2.71. The second kappa shape index (κ2) is 9.58. The molecule has 29 heavy (non-hydrogen) atoms. The molecule has 1 saturated carbocycles. The van der Waals surface area contributed by atoms with E-state index in [0.29, 0.717) is 38.0 Å². The van der Waals surface area contributed by atoms with Crippen molar-refractivity contribution in [3.05, 3.63) is 35.9 Å². The number of carbonyl (C=O) groups excluding carboxylic acids is 1. The van der Waals surface area contributed by atoms with E-state index in [-0.39, 0.29) is 23.7 Å². The van der Waals surface area contributed by atoms with E-state index in [9.17, 15) is 13.2 Å². The van der Waals surface area contributed by atoms with Crippen molar-refractivity contribution < 1.29 is 13.2 Å². The predicted molar refractivity (Wildman–Crippen MR) is 116 cm³/mol. The predicted octanol–water partition coefficient (Wildman–Crippen LogP) is 2.46. The van der Waals surface area contributed by atoms with Gasteiger partial charge in [0.05, 0.1) is 11.8 Å². The van der Waals surface area contributed by atoms with E-state index in [0.717, 1.165) is 12.0 Å². The number of sulfonamides is 1. The van der Waals surface area contributed by atoms with Crippen LogP contribution in [-0.4, -0.2) is 61.8 Å². The summed E-state index contributed by atoms with van der Waals surface area (Å²) in [5, 5.41) is 3.26. The number of nitrogens with zero attached hydrogens (tertiary/aromatic N) is 2. The Balaban J connectivity index is 1.51. The van der Waals surface area contributed by atoms with E-state index >= 15 is 0 Å². The van der Waals surface area contributed by atoms with Crippen LogP contribution in [0, 0.1) is 11.8 Å². The summed E-state index contributed by atoms with van der Waals surface area (Å²) >= 11 is 0. The number of piperazine rings is 1. The number of hydrogen-bond donors (Lipinski definition) is 1. The maximum absolute atomic E-state index is 12.8. The third-order valence-corrected chi connectivity index (χ3v) is 8.67. The van der Waals surface area contributed by atoms with Gasteiger partial charge in [-0.2, -0.15) is 4.31 Å². The highest BCUT2D eigenvalue weighted by atomic mass is 32.2. The Bertz CT molecular complexity index is 776. The number of amides is 1. The third kappa shape index (κ3) is 5.58. The Morgan fingerprint density at radius 1 is 1.10 bits per heavy atom. The van der Waals surface area contributed by atoms with E-state index < -0.39 is 10.0 Å². The fourth-order valence-electron chi connectivity index (χ4n) is 4.50. The zero-order valence-electron chi connectivity index (χ0n) is 17.9. The number of rotatable bonds is 6. The van der Waals surface area contributed by atoms with Crippen LogP contribution in [0.2, 0.25) is 0 Å². The van der Waals surface area contributed by atoms with Gasteiger partial charge in [-0.1, -0.05) is 57.0 Å². The minimum absolute atomic E-state index is 0.0294. The van der Waals surface area contributed by atoms with Crippen molar-refractivity contribution in [2.75, 3.05) is 26.2 Å². The van der Waals surface area contributed by atoms with Gasteiger partial charge in [0.25, 0.3) is 0 Å². The monoisotopic (exact) mass is 421 g/mol. The van der Waals surface area contributed by atoms with Crippen LogP contribution in [0.25, 0.3) is 0 Å². The minimum Gasteiger partial charge on any atom is -0.352 e. The largest absolute Gasteiger partial charge is 0.352 e. The van der Waals surface area contributed by atoms with Crippen molar-refractivity contribution in [1.29, 1.82) is 0 Å². The molecule has 0 aromatic heterocycles. The molecule has 1 heterocycles. The summed E-state index contributed by atoms with van der Waals surface area (Å²) in [6.07, 6.45) is 3.46. The summed E-state index contributed by atoms with van der Waals surface area (Å²) in [7, 11) is -3.34. The zero-order valence-corrected chi connectivity index (χ0v) is 18.7. The molecule has 1 amide bonds. The van der Waals surface area contributed by atoms with Crippen LogP contribution in [-0.2, 0) is 20.6 Å². The molecular weight excluding hydrogens is 386 g/mol. The van der Waals surface area contributed by atoms with Gasteiger partial charge in [-0.05, 0) is 30.7 Å². The lowest BCUT2D eigenvalue weighted by atomic mass is 9.78. The Hall–Kier alpha value is -1.44. The van der Waals surface area contributed by atoms with Crippen molar-refractivity contribution in [2.24, 2.45) is 11.8 Å². The minimum atomic E-state index is -3.34. The summed E-state index contributed by atoms with van der Waals surface area (Å²) in [6.45, 7) is 8.46. The highest BCUT2D eigenvalue weighted by Crippen LogP contribution is 2.29. The molecule has 4 atom stereocenters. The van der Waals surface area contributed by atoms with Crippen molar-refractivity contribution in [3.63, 3.8) is 0 Å². The van der Waals surface area contributed by atoms with Crippen molar-refractivity contribution in [1.82, 2.24) is 14.5 Å². The molecule has 0 radical (unpaired) electrons. The van der Waals surface area contributed by atoms with Crippen LogP contribution in [0.15, 0.2) is 30.3 Å². The maximum Gasteiger partial charge on any atom is 0.237 e. The Morgan fingerprint density at radius 2 is 1.76 bits per heavy atom. The topological polar surface area (TPSA) is 69.7 Å². The molecule has 3 rings (SSSR count). The maximum atomic E-state index is 12.8. The van der Waals surface area contributed by atoms with Crippen LogP contribution >= 0.6 is 0 Å². The van der Waals surface area contributed by atoms with Crippen LogP contribution in [0.5, 0.6) is 0 Å². The van der Waals surface area contributed by atoms with E-state index in [1.54, 1.807) is 4.31 Å². The van der Waals surface area contributed by atoms with Crippen LogP contribution in [0.3, 0.4) is 0 Å². The molecule has 0 bridgehead atoms. The SMILES string of the molecule is C[C@@H]1[C@H](C)CCC[C@@H]1NC(=O)[C@@H](C)N1CCN(S(=O)(=O)Cc2ccccc2)CC1. The summed E-state index contributed by atoms with van der Waals surface area (Å²) in [6, 6.07) is 9.30. The number of nitrogens with one attached hydrogen (secondary N) is 1. The molecule has 2 fully saturated rings. The molecule has 6 nitrogen and oxygen atoms in total. The number of benzene rings is 1. The van der Waals surface area contributed by atoms with Gasteiger partial charge in [0.15, 0.2) is 0 Å². The lowest BCUT2D eigenvalue weighted by Gasteiger charge is -2.39. The normalized spacial score (nSPS) is 28.0. The standard InChI is InChI=1S/C22H35N3O3S/c1-17-8-7-11-21(18(17)2)23-22(26)19(3)24-12-14-25(15-13-24)29(27,28)16-20-9-5-4-6-10-20/h4-6,9-10,17-19,21H,7-8,11-16H2,1-3H3,(H,23,26)/t17-,18-,19-,21+/m1/s1. The molecule has 1 aromatic carbocycles. The van der Waals surface area contributed by atoms with Crippen LogP contribution in [0.4, 0.5) is 0 Å². The second-order valence-electron chi connectivity index (χ2n) is 8.74. The smallest absolute Gasteiger partial charge is 0.237 e. The van der Waals surface area contributed by atoms with Crippen molar-refractivity contribution in [2.45, 2.75) is 57.9 Å². The molecule has 1 aromatic rings. The van der Waals surface area contributed by atoms with Gasteiger partial charge in [0.2, 0.25) is 15.9 Å². The average molecular weight is 422 g/mol. The fourth-order valence-corrected chi connectivity index (χ4v) is 6.02. The Kier molecular flexibility index (Phi) is 7.35. The summed E-state index contributed by atoms with van der Waals surface area (Å²) in [4.78, 5) is 14.9. The van der Waals surface area contributed by atoms with E-state index in [1.165, 1.54) is 12.8 Å². The van der Waals surface area contributed by atoms with E-state index in [2.05, 4.69) is 24.1 Å². The van der Waals surface area contributed by atoms with Crippen LogP contribution < -0.4 is 5.32 Å². The summed E-state index contributed by atoms with van der Waals surface area (Å²) < 4.78 is 27.0. The first-order chi connectivity index (χ1) is 13.8. The molecule has 1 N–H and O–H groups in total. The Labute approximate surface area is 175 Å². The third-order valence-electron chi connectivity index (χ3n) is 6.82. The van der Waals surface area contributed by atoms with Gasteiger partial charge in [0, 0.05) is 32.2 Å². The van der Waals surface area contributed by atoms with Crippen LogP contribution in [0.1, 0.15) is 45.6 Å². The first kappa shape index (κ1) is 22.2. The number of hydrogen-bond acceptors (Lipinski definition) is 4. The molecule has 2 aliphatic rings. The molecule has 162 valence electrons. The lowest BCUT2D eigenvalue weighted by Crippen LogP contribution is -2.56. The van der Waals surface area contributed by atoms with Crippen molar-refractivity contribution in [3.8, 4) is 0 Å². The van der Waals surface area contributed by atoms with Gasteiger partial charge in [-0.15, -0.1) is 0 Å². The van der Waals surface area contributed by atoms with Crippen molar-refractivity contribution >= 4 is 15.9 Å². The fraction of sp³-hybridized carbons (Fsp3) is 0.682. The molecule has 0 spiro atoms. The first-order valence-corrected chi connectivity index (χ1v) is 12.4. The number of carbonyl (C=O) groups is 1. The highest BCUT2D eigenvalue weighted by Gasteiger charge is 2.33. The van der Waals surface area contributed by atoms with Gasteiger partial charge >= 0.3 is 0 Å². The van der Waals surface area contributed by atoms with Gasteiger partial charge in [-0.25, -0.2) is 8.42 Å². The molecular formula is C22H35N3O3S. The molecule has 1 aliphatic carbocycles. The molecule has 0 unspecified atom stereocenters. The molecule has 1 aliphatic heterocycles. The van der Waals surface area contributed by atoms with Gasteiger partial charge < -0.3 is 5.32 Å². The Morgan fingerprint density at radius 3 is 2.41 bits per heavy atom. The summed E-state index contributed by atoms with van der Waals surface area (Å²) in [5.41, 5.74) is 0.804. The second-order valence-corrected chi connectivity index (χ2v) is 10.7. The molecule has 1 saturated heterocycles. The highest BCUT2D eigenvalue weighted by molar-refractivity contribution is 7.88. The first-order valence-electron chi connectivity index (χ1n) is 10.8. The lowest BCUT2D eigenvalue weighted by molar-refractivity contribution is -0.127. The van der Waals surface area contributed by atoms with E-state index in [1.807, 2.05) is 37.3 Å². The zero-order chi connectivity index (χ0) is 21.0. The van der Waals surface area contributed by atoms with E-state index in [4.69, 9.17) is 0 Å². The van der Waals surface area contributed by atoms with Gasteiger partial charge in [0.1, 0.15) is 0 Å². The quantitative estimate of drug-likeness (QED) is 0.766. The molecule has 7 heteroatoms. The van der Waals surface area contributed by atoms with Gasteiger partial charge in [-0.3, -0.25) is 9.69 Å².